The zero-order chi connectivity index (χ0) is 35.5. The summed E-state index contributed by atoms with van der Waals surface area (Å²) in [5.74, 6) is -2.93. The van der Waals surface area contributed by atoms with E-state index < -0.39 is 65.6 Å². The molecule has 3 aliphatic heterocycles. The van der Waals surface area contributed by atoms with Gasteiger partial charge in [0, 0.05) is 25.7 Å². The molecule has 0 saturated carbocycles. The first kappa shape index (κ1) is 35.8. The molecule has 11 nitrogen and oxygen atoms in total. The van der Waals surface area contributed by atoms with Gasteiger partial charge < -0.3 is 34.0 Å². The van der Waals surface area contributed by atoms with Gasteiger partial charge in [-0.2, -0.15) is 0 Å². The van der Waals surface area contributed by atoms with Gasteiger partial charge in [-0.25, -0.2) is 0 Å². The molecule has 49 heavy (non-hydrogen) atoms. The van der Waals surface area contributed by atoms with Crippen LogP contribution in [0.3, 0.4) is 0 Å². The number of methoxy groups -OCH3 is 1. The van der Waals surface area contributed by atoms with Crippen LogP contribution in [0.15, 0.2) is 79.9 Å². The molecule has 3 aliphatic rings. The van der Waals surface area contributed by atoms with Crippen LogP contribution in [-0.2, 0) is 28.7 Å². The number of amides is 3. The van der Waals surface area contributed by atoms with Gasteiger partial charge in [0.15, 0.2) is 0 Å². The van der Waals surface area contributed by atoms with Crippen molar-refractivity contribution >= 4 is 29.4 Å². The van der Waals surface area contributed by atoms with Gasteiger partial charge in [-0.15, -0.1) is 13.2 Å². The minimum Gasteiger partial charge on any atom is -0.497 e. The molecule has 8 atom stereocenters. The quantitative estimate of drug-likeness (QED) is 0.222. The molecule has 262 valence electrons. The van der Waals surface area contributed by atoms with Crippen molar-refractivity contribution in [2.45, 2.75) is 75.5 Å². The number of ether oxygens (including phenoxy) is 3. The van der Waals surface area contributed by atoms with Gasteiger partial charge >= 0.3 is 5.97 Å². The number of carbonyl (C=O) groups excluding carboxylic acids is 4. The van der Waals surface area contributed by atoms with Crippen molar-refractivity contribution in [2.24, 2.45) is 11.8 Å². The second-order valence-electron chi connectivity index (χ2n) is 13.1. The molecular weight excluding hydrogens is 626 g/mol. The number of hydrogen-bond donors (Lipinski definition) is 1. The Balaban J connectivity index is 1.49. The molecule has 3 fully saturated rings. The minimum atomic E-state index is -1.30. The molecule has 2 aromatic rings. The van der Waals surface area contributed by atoms with Crippen LogP contribution < -0.4 is 9.64 Å². The number of allylic oxidation sites excluding steroid dienone is 1. The van der Waals surface area contributed by atoms with Gasteiger partial charge in [-0.1, -0.05) is 42.5 Å². The van der Waals surface area contributed by atoms with E-state index in [-0.39, 0.29) is 25.5 Å². The molecule has 1 spiro atoms. The maximum atomic E-state index is 14.7. The van der Waals surface area contributed by atoms with Crippen LogP contribution in [-0.4, -0.2) is 95.7 Å². The summed E-state index contributed by atoms with van der Waals surface area (Å²) in [4.78, 5) is 61.0. The first-order valence-corrected chi connectivity index (χ1v) is 16.8. The third-order valence-corrected chi connectivity index (χ3v) is 10.3. The first-order chi connectivity index (χ1) is 23.5. The smallest absolute Gasteiger partial charge is 0.313 e. The standard InChI is InChI=1S/C38H47N3O8/c1-7-9-15-30(43)39(5)25(4)33(26-13-11-10-12-14-26)48-37(46)31-29-20-21-38(49-29)32(31)35(44)41(24(3)23-42)34(38)36(45)40(22-8-2)27-16-18-28(47-6)19-17-27/h7-8,10-14,16-19,24-25,29,31-34,42H,1-2,9,15,20-23H2,3-6H3/t24-,25+,29-,31+,32+,33-,34-,38+/m1/s1. The van der Waals surface area contributed by atoms with Crippen molar-refractivity contribution in [2.75, 3.05) is 32.2 Å². The number of aliphatic hydroxyl groups is 1. The average Bonchev–Trinajstić information content (AvgIpc) is 3.78. The lowest BCUT2D eigenvalue weighted by molar-refractivity contribution is -0.165. The second-order valence-corrected chi connectivity index (χ2v) is 13.1. The number of aliphatic hydroxyl groups excluding tert-OH is 1. The number of benzene rings is 2. The van der Waals surface area contributed by atoms with Crippen molar-refractivity contribution in [1.82, 2.24) is 9.80 Å². The van der Waals surface area contributed by atoms with Crippen LogP contribution in [0.2, 0.25) is 0 Å². The molecule has 0 aliphatic carbocycles. The Morgan fingerprint density at radius 1 is 1.10 bits per heavy atom. The average molecular weight is 674 g/mol. The van der Waals surface area contributed by atoms with E-state index in [2.05, 4.69) is 13.2 Å². The van der Waals surface area contributed by atoms with Crippen molar-refractivity contribution in [3.8, 4) is 5.75 Å². The molecule has 2 bridgehead atoms. The number of anilines is 1. The molecule has 3 amide bonds. The highest BCUT2D eigenvalue weighted by Crippen LogP contribution is 2.59. The fraction of sp³-hybridized carbons (Fsp3) is 0.474. The summed E-state index contributed by atoms with van der Waals surface area (Å²) in [5.41, 5.74) is -0.0284. The van der Waals surface area contributed by atoms with Crippen LogP contribution in [0.4, 0.5) is 5.69 Å². The Labute approximate surface area is 288 Å². The molecule has 0 unspecified atom stereocenters. The highest BCUT2D eigenvalue weighted by Gasteiger charge is 2.75. The second kappa shape index (κ2) is 15.0. The van der Waals surface area contributed by atoms with Crippen LogP contribution in [0, 0.1) is 11.8 Å². The van der Waals surface area contributed by atoms with E-state index in [4.69, 9.17) is 14.2 Å². The fourth-order valence-electron chi connectivity index (χ4n) is 7.69. The summed E-state index contributed by atoms with van der Waals surface area (Å²) in [6, 6.07) is 13.8. The van der Waals surface area contributed by atoms with Gasteiger partial charge in [0.2, 0.25) is 11.8 Å². The van der Waals surface area contributed by atoms with Gasteiger partial charge in [0.1, 0.15) is 23.5 Å². The normalized spacial score (nSPS) is 25.6. The Morgan fingerprint density at radius 3 is 2.41 bits per heavy atom. The molecule has 5 rings (SSSR count). The molecule has 3 heterocycles. The van der Waals surface area contributed by atoms with E-state index in [1.165, 1.54) is 9.80 Å². The summed E-state index contributed by atoms with van der Waals surface area (Å²) in [6.45, 7) is 10.8. The van der Waals surface area contributed by atoms with Crippen molar-refractivity contribution < 1.29 is 38.5 Å². The Morgan fingerprint density at radius 2 is 1.80 bits per heavy atom. The maximum absolute atomic E-state index is 14.7. The third-order valence-electron chi connectivity index (χ3n) is 10.3. The Kier molecular flexibility index (Phi) is 10.9. The molecular formula is C38H47N3O8. The molecule has 1 N–H and O–H groups in total. The monoisotopic (exact) mass is 673 g/mol. The van der Waals surface area contributed by atoms with E-state index in [9.17, 15) is 24.3 Å². The van der Waals surface area contributed by atoms with Crippen molar-refractivity contribution in [3.05, 3.63) is 85.5 Å². The Bertz CT molecular complexity index is 1550. The predicted molar refractivity (Wildman–Crippen MR) is 183 cm³/mol. The molecule has 0 aromatic heterocycles. The third kappa shape index (κ3) is 6.49. The number of carbonyl (C=O) groups is 4. The summed E-state index contributed by atoms with van der Waals surface area (Å²) < 4.78 is 18.2. The lowest BCUT2D eigenvalue weighted by atomic mass is 9.70. The number of fused-ring (bicyclic) bond motifs is 1. The van der Waals surface area contributed by atoms with E-state index in [0.29, 0.717) is 36.3 Å². The van der Waals surface area contributed by atoms with Gasteiger partial charge in [-0.05, 0) is 62.9 Å². The topological polar surface area (TPSA) is 126 Å². The van der Waals surface area contributed by atoms with E-state index in [1.807, 2.05) is 37.3 Å². The summed E-state index contributed by atoms with van der Waals surface area (Å²) in [5, 5.41) is 10.3. The number of likely N-dealkylation sites (tertiary alicyclic amines) is 1. The van der Waals surface area contributed by atoms with Crippen molar-refractivity contribution in [3.63, 3.8) is 0 Å². The number of hydrogen-bond acceptors (Lipinski definition) is 8. The highest BCUT2D eigenvalue weighted by molar-refractivity contribution is 6.04. The van der Waals surface area contributed by atoms with Gasteiger partial charge in [0.25, 0.3) is 5.91 Å². The van der Waals surface area contributed by atoms with Gasteiger partial charge in [-0.3, -0.25) is 19.2 Å². The van der Waals surface area contributed by atoms with Crippen LogP contribution in [0.25, 0.3) is 0 Å². The first-order valence-electron chi connectivity index (χ1n) is 16.8. The fourth-order valence-corrected chi connectivity index (χ4v) is 7.69. The summed E-state index contributed by atoms with van der Waals surface area (Å²) in [7, 11) is 3.23. The van der Waals surface area contributed by atoms with Crippen LogP contribution in [0.1, 0.15) is 51.2 Å². The zero-order valence-corrected chi connectivity index (χ0v) is 28.7. The lowest BCUT2D eigenvalue weighted by Crippen LogP contribution is -2.58. The maximum Gasteiger partial charge on any atom is 0.313 e. The minimum absolute atomic E-state index is 0.117. The number of likely N-dealkylation sites (N-methyl/N-ethyl adjacent to an activating group) is 1. The lowest BCUT2D eigenvalue weighted by Gasteiger charge is -2.38. The summed E-state index contributed by atoms with van der Waals surface area (Å²) in [6.07, 6.45) is 3.43. The highest BCUT2D eigenvalue weighted by atomic mass is 16.6. The largest absolute Gasteiger partial charge is 0.497 e. The summed E-state index contributed by atoms with van der Waals surface area (Å²) >= 11 is 0. The zero-order valence-electron chi connectivity index (χ0n) is 28.7. The molecule has 3 saturated heterocycles. The molecule has 11 heteroatoms. The number of esters is 1. The number of nitrogens with zero attached hydrogens (tertiary/aromatic N) is 3. The van der Waals surface area contributed by atoms with E-state index in [0.717, 1.165) is 0 Å². The number of rotatable bonds is 15. The van der Waals surface area contributed by atoms with Crippen molar-refractivity contribution in [1.29, 1.82) is 0 Å². The van der Waals surface area contributed by atoms with Crippen LogP contribution >= 0.6 is 0 Å². The molecule has 0 radical (unpaired) electrons. The Hall–Kier alpha value is -4.48. The van der Waals surface area contributed by atoms with E-state index >= 15 is 0 Å². The SMILES string of the molecule is C=CCCC(=O)N(C)[C@@H](C)[C@@H](OC(=O)[C@@H]1[C@H]2C(=O)N([C@H](C)CO)[C@H](C(=O)N(CC=C)c3ccc(OC)cc3)[C@]23CC[C@H]1O3)c1ccccc1. The van der Waals surface area contributed by atoms with Crippen LogP contribution in [0.5, 0.6) is 5.75 Å². The molecule has 2 aromatic carbocycles. The van der Waals surface area contributed by atoms with E-state index in [1.54, 1.807) is 62.4 Å². The predicted octanol–water partition coefficient (Wildman–Crippen LogP) is 4.07. The van der Waals surface area contributed by atoms with Gasteiger partial charge in [0.05, 0.1) is 43.7 Å².